The van der Waals surface area contributed by atoms with Crippen LogP contribution in [0.25, 0.3) is 0 Å². The highest BCUT2D eigenvalue weighted by Crippen LogP contribution is 2.19. The van der Waals surface area contributed by atoms with E-state index in [2.05, 4.69) is 40.0 Å². The molecule has 6 nitrogen and oxygen atoms in total. The lowest BCUT2D eigenvalue weighted by molar-refractivity contribution is -0.116. The lowest BCUT2D eigenvalue weighted by Crippen LogP contribution is -2.37. The zero-order valence-corrected chi connectivity index (χ0v) is 17.8. The molecular weight excluding hydrogens is 364 g/mol. The van der Waals surface area contributed by atoms with Gasteiger partial charge in [-0.3, -0.25) is 9.79 Å². The summed E-state index contributed by atoms with van der Waals surface area (Å²) in [5, 5.41) is 9.55. The normalized spacial score (nSPS) is 11.1. The zero-order valence-electron chi connectivity index (χ0n) is 17.8. The minimum Gasteiger partial charge on any atom is -0.496 e. The number of anilines is 1. The Hall–Kier alpha value is -3.02. The molecule has 6 heteroatoms. The van der Waals surface area contributed by atoms with Gasteiger partial charge >= 0.3 is 0 Å². The lowest BCUT2D eigenvalue weighted by Gasteiger charge is -2.14. The zero-order chi connectivity index (χ0) is 21.1. The molecule has 0 aliphatic heterocycles. The maximum atomic E-state index is 11.7. The number of hydrogen-bond donors (Lipinski definition) is 3. The number of ether oxygens (including phenoxy) is 1. The van der Waals surface area contributed by atoms with E-state index in [-0.39, 0.29) is 5.91 Å². The third kappa shape index (κ3) is 7.49. The smallest absolute Gasteiger partial charge is 0.224 e. The first-order valence-corrected chi connectivity index (χ1v) is 10.0. The summed E-state index contributed by atoms with van der Waals surface area (Å²) in [4.78, 5) is 15.9. The quantitative estimate of drug-likeness (QED) is 0.447. The van der Waals surface area contributed by atoms with E-state index in [1.165, 1.54) is 11.1 Å². The molecule has 2 aromatic carbocycles. The SMILES string of the molecule is CCCC(=O)Nc1ccc(CNC(=NC)NCCc2cc(C)ccc2OC)cc1. The molecule has 3 N–H and O–H groups in total. The number of carbonyl (C=O) groups is 1. The molecule has 0 radical (unpaired) electrons. The first-order chi connectivity index (χ1) is 14.0. The predicted molar refractivity (Wildman–Crippen MR) is 120 cm³/mol. The van der Waals surface area contributed by atoms with E-state index in [0.29, 0.717) is 13.0 Å². The Morgan fingerprint density at radius 3 is 2.52 bits per heavy atom. The molecule has 0 atom stereocenters. The van der Waals surface area contributed by atoms with Gasteiger partial charge in [0, 0.05) is 32.2 Å². The van der Waals surface area contributed by atoms with Gasteiger partial charge in [-0.15, -0.1) is 0 Å². The fraction of sp³-hybridized carbons (Fsp3) is 0.391. The maximum absolute atomic E-state index is 11.7. The number of carbonyl (C=O) groups excluding carboxylic acids is 1. The van der Waals surface area contributed by atoms with E-state index in [0.717, 1.165) is 42.3 Å². The number of nitrogens with zero attached hydrogens (tertiary/aromatic N) is 1. The van der Waals surface area contributed by atoms with Crippen molar-refractivity contribution >= 4 is 17.6 Å². The second-order valence-corrected chi connectivity index (χ2v) is 6.91. The van der Waals surface area contributed by atoms with Crippen LogP contribution in [0.15, 0.2) is 47.5 Å². The van der Waals surface area contributed by atoms with Crippen LogP contribution in [-0.4, -0.2) is 32.6 Å². The minimum absolute atomic E-state index is 0.0493. The second kappa shape index (κ2) is 11.7. The molecule has 0 aliphatic carbocycles. The Balaban J connectivity index is 1.80. The van der Waals surface area contributed by atoms with Crippen molar-refractivity contribution in [3.8, 4) is 5.75 Å². The van der Waals surface area contributed by atoms with E-state index >= 15 is 0 Å². The summed E-state index contributed by atoms with van der Waals surface area (Å²) in [7, 11) is 3.46. The first-order valence-electron chi connectivity index (χ1n) is 10.0. The number of hydrogen-bond acceptors (Lipinski definition) is 3. The van der Waals surface area contributed by atoms with E-state index in [1.54, 1.807) is 14.2 Å². The molecule has 2 rings (SSSR count). The summed E-state index contributed by atoms with van der Waals surface area (Å²) in [6.07, 6.45) is 2.23. The number of guanidine groups is 1. The largest absolute Gasteiger partial charge is 0.496 e. The standard InChI is InChI=1S/C23H32N4O2/c1-5-6-22(28)27-20-10-8-18(9-11-20)16-26-23(24-3)25-14-13-19-15-17(2)7-12-21(19)29-4/h7-12,15H,5-6,13-14,16H2,1-4H3,(H,27,28)(H2,24,25,26). The molecule has 0 saturated carbocycles. The van der Waals surface area contributed by atoms with E-state index in [9.17, 15) is 4.79 Å². The molecule has 0 unspecified atom stereocenters. The average molecular weight is 397 g/mol. The van der Waals surface area contributed by atoms with Gasteiger partial charge < -0.3 is 20.7 Å². The lowest BCUT2D eigenvalue weighted by atomic mass is 10.1. The molecule has 0 bridgehead atoms. The molecule has 1 amide bonds. The maximum Gasteiger partial charge on any atom is 0.224 e. The van der Waals surface area contributed by atoms with Gasteiger partial charge in [0.2, 0.25) is 5.91 Å². The van der Waals surface area contributed by atoms with Crippen LogP contribution >= 0.6 is 0 Å². The van der Waals surface area contributed by atoms with Gasteiger partial charge in [0.15, 0.2) is 5.96 Å². The Morgan fingerprint density at radius 1 is 1.10 bits per heavy atom. The number of aryl methyl sites for hydroxylation is 1. The van der Waals surface area contributed by atoms with Crippen molar-refractivity contribution in [1.82, 2.24) is 10.6 Å². The molecule has 0 aromatic heterocycles. The Labute approximate surface area is 173 Å². The fourth-order valence-electron chi connectivity index (χ4n) is 2.98. The number of rotatable bonds is 9. The molecule has 0 spiro atoms. The Kier molecular flexibility index (Phi) is 9.02. The van der Waals surface area contributed by atoms with Crippen LogP contribution in [0.2, 0.25) is 0 Å². The molecule has 29 heavy (non-hydrogen) atoms. The van der Waals surface area contributed by atoms with Gasteiger partial charge in [0.05, 0.1) is 7.11 Å². The van der Waals surface area contributed by atoms with E-state index in [1.807, 2.05) is 37.3 Å². The number of benzene rings is 2. The summed E-state index contributed by atoms with van der Waals surface area (Å²) >= 11 is 0. The Bertz CT molecular complexity index is 816. The van der Waals surface area contributed by atoms with E-state index in [4.69, 9.17) is 4.74 Å². The summed E-state index contributed by atoms with van der Waals surface area (Å²) < 4.78 is 5.44. The highest BCUT2D eigenvalue weighted by atomic mass is 16.5. The molecule has 0 aliphatic rings. The van der Waals surface area contributed by atoms with Crippen LogP contribution in [0.5, 0.6) is 5.75 Å². The highest BCUT2D eigenvalue weighted by molar-refractivity contribution is 5.90. The topological polar surface area (TPSA) is 74.8 Å². The van der Waals surface area contributed by atoms with E-state index < -0.39 is 0 Å². The van der Waals surface area contributed by atoms with Crippen LogP contribution < -0.4 is 20.7 Å². The minimum atomic E-state index is 0.0493. The summed E-state index contributed by atoms with van der Waals surface area (Å²) in [6, 6.07) is 14.1. The van der Waals surface area contributed by atoms with Crippen LogP contribution in [-0.2, 0) is 17.8 Å². The number of aliphatic imine (C=N–C) groups is 1. The monoisotopic (exact) mass is 396 g/mol. The van der Waals surface area contributed by atoms with Gasteiger partial charge in [0.1, 0.15) is 5.75 Å². The van der Waals surface area contributed by atoms with Crippen LogP contribution in [0.4, 0.5) is 5.69 Å². The second-order valence-electron chi connectivity index (χ2n) is 6.91. The average Bonchev–Trinajstić information content (AvgIpc) is 2.72. The molecule has 0 saturated heterocycles. The fourth-order valence-corrected chi connectivity index (χ4v) is 2.98. The number of methoxy groups -OCH3 is 1. The third-order valence-electron chi connectivity index (χ3n) is 4.52. The van der Waals surface area contributed by atoms with Crippen molar-refractivity contribution in [3.05, 3.63) is 59.2 Å². The molecular formula is C23H32N4O2. The summed E-state index contributed by atoms with van der Waals surface area (Å²) in [6.45, 7) is 5.47. The van der Waals surface area contributed by atoms with Gasteiger partial charge in [-0.05, 0) is 49.1 Å². The van der Waals surface area contributed by atoms with Crippen LogP contribution in [0.3, 0.4) is 0 Å². The summed E-state index contributed by atoms with van der Waals surface area (Å²) in [5.41, 5.74) is 4.33. The van der Waals surface area contributed by atoms with Gasteiger partial charge in [-0.25, -0.2) is 0 Å². The molecule has 156 valence electrons. The molecule has 2 aromatic rings. The van der Waals surface area contributed by atoms with Crippen molar-refractivity contribution in [2.45, 2.75) is 39.7 Å². The first kappa shape index (κ1) is 22.3. The molecule has 0 heterocycles. The summed E-state index contributed by atoms with van der Waals surface area (Å²) in [5.74, 6) is 1.71. The van der Waals surface area contributed by atoms with Crippen molar-refractivity contribution in [2.24, 2.45) is 4.99 Å². The van der Waals surface area contributed by atoms with Crippen molar-refractivity contribution in [1.29, 1.82) is 0 Å². The Morgan fingerprint density at radius 2 is 1.86 bits per heavy atom. The van der Waals surface area contributed by atoms with Crippen LogP contribution in [0.1, 0.15) is 36.5 Å². The van der Waals surface area contributed by atoms with Crippen LogP contribution in [0, 0.1) is 6.92 Å². The van der Waals surface area contributed by atoms with Gasteiger partial charge in [-0.2, -0.15) is 0 Å². The predicted octanol–water partition coefficient (Wildman–Crippen LogP) is 3.65. The van der Waals surface area contributed by atoms with Crippen molar-refractivity contribution in [3.63, 3.8) is 0 Å². The molecule has 0 fully saturated rings. The third-order valence-corrected chi connectivity index (χ3v) is 4.52. The van der Waals surface area contributed by atoms with Crippen molar-refractivity contribution in [2.75, 3.05) is 26.0 Å². The number of nitrogens with one attached hydrogen (secondary N) is 3. The van der Waals surface area contributed by atoms with Gasteiger partial charge in [0.25, 0.3) is 0 Å². The van der Waals surface area contributed by atoms with Gasteiger partial charge in [-0.1, -0.05) is 36.8 Å². The highest BCUT2D eigenvalue weighted by Gasteiger charge is 2.05. The number of amides is 1. The van der Waals surface area contributed by atoms with Crippen molar-refractivity contribution < 1.29 is 9.53 Å².